The van der Waals surface area contributed by atoms with E-state index in [2.05, 4.69) is 11.9 Å². The minimum absolute atomic E-state index is 0.304. The summed E-state index contributed by atoms with van der Waals surface area (Å²) in [6, 6.07) is 17.6. The summed E-state index contributed by atoms with van der Waals surface area (Å²) in [5, 5.41) is 2.92. The highest BCUT2D eigenvalue weighted by Gasteiger charge is 2.46. The van der Waals surface area contributed by atoms with E-state index in [0.717, 1.165) is 31.5 Å². The van der Waals surface area contributed by atoms with Crippen molar-refractivity contribution in [2.45, 2.75) is 31.1 Å². The van der Waals surface area contributed by atoms with Crippen molar-refractivity contribution < 1.29 is 9.18 Å². The van der Waals surface area contributed by atoms with Crippen molar-refractivity contribution in [3.8, 4) is 0 Å². The first-order chi connectivity index (χ1) is 12.6. The van der Waals surface area contributed by atoms with Gasteiger partial charge in [-0.05, 0) is 43.1 Å². The van der Waals surface area contributed by atoms with Crippen LogP contribution in [0.1, 0.15) is 24.0 Å². The van der Waals surface area contributed by atoms with Crippen molar-refractivity contribution in [3.63, 3.8) is 0 Å². The zero-order valence-electron chi connectivity index (χ0n) is 14.9. The number of carbonyl (C=O) groups excluding carboxylic acids is 1. The third kappa shape index (κ3) is 3.86. The van der Waals surface area contributed by atoms with Gasteiger partial charge in [-0.25, -0.2) is 4.39 Å². The van der Waals surface area contributed by atoms with Crippen molar-refractivity contribution in [2.75, 3.05) is 13.1 Å². The van der Waals surface area contributed by atoms with E-state index in [1.165, 1.54) is 6.08 Å². The van der Waals surface area contributed by atoms with Crippen molar-refractivity contribution in [3.05, 3.63) is 84.4 Å². The highest BCUT2D eigenvalue weighted by atomic mass is 19.1. The van der Waals surface area contributed by atoms with E-state index in [0.29, 0.717) is 12.1 Å². The second-order valence-corrected chi connectivity index (χ2v) is 6.69. The van der Waals surface area contributed by atoms with E-state index in [-0.39, 0.29) is 5.91 Å². The molecule has 2 aromatic carbocycles. The fourth-order valence-corrected chi connectivity index (χ4v) is 3.58. The molecule has 3 rings (SSSR count). The maximum atomic E-state index is 16.1. The van der Waals surface area contributed by atoms with Gasteiger partial charge < -0.3 is 5.32 Å². The number of nitrogens with one attached hydrogen (secondary N) is 1. The van der Waals surface area contributed by atoms with E-state index < -0.39 is 11.7 Å². The van der Waals surface area contributed by atoms with Gasteiger partial charge in [0.25, 0.3) is 0 Å². The predicted molar refractivity (Wildman–Crippen MR) is 102 cm³/mol. The molecule has 1 fully saturated rings. The molecule has 1 aliphatic rings. The molecule has 0 spiro atoms. The number of benzene rings is 2. The molecule has 0 unspecified atom stereocenters. The molecule has 0 radical (unpaired) electrons. The van der Waals surface area contributed by atoms with Crippen LogP contribution in [-0.2, 0) is 17.0 Å². The Morgan fingerprint density at radius 1 is 1.12 bits per heavy atom. The average molecular weight is 352 g/mol. The Morgan fingerprint density at radius 2 is 1.69 bits per heavy atom. The largest absolute Gasteiger partial charge is 0.351 e. The molecule has 4 heteroatoms. The number of likely N-dealkylation sites (tertiary alicyclic amines) is 1. The first-order valence-electron chi connectivity index (χ1n) is 9.09. The number of carbonyl (C=O) groups is 1. The molecular weight excluding hydrogens is 327 g/mol. The van der Waals surface area contributed by atoms with Gasteiger partial charge in [-0.2, -0.15) is 0 Å². The highest BCUT2D eigenvalue weighted by Crippen LogP contribution is 2.36. The van der Waals surface area contributed by atoms with Gasteiger partial charge in [0, 0.05) is 6.54 Å². The lowest BCUT2D eigenvalue weighted by atomic mass is 9.86. The maximum Gasteiger partial charge on any atom is 0.241 e. The first-order valence-corrected chi connectivity index (χ1v) is 9.09. The molecule has 2 aromatic rings. The number of rotatable bonds is 7. The quantitative estimate of drug-likeness (QED) is 0.769. The van der Waals surface area contributed by atoms with Crippen LogP contribution in [-0.4, -0.2) is 29.9 Å². The molecule has 1 amide bonds. The summed E-state index contributed by atoms with van der Waals surface area (Å²) < 4.78 is 16.1. The second-order valence-electron chi connectivity index (χ2n) is 6.69. The van der Waals surface area contributed by atoms with Crippen molar-refractivity contribution in [1.82, 2.24) is 10.2 Å². The van der Waals surface area contributed by atoms with Crippen molar-refractivity contribution in [1.29, 1.82) is 0 Å². The van der Waals surface area contributed by atoms with E-state index in [1.807, 2.05) is 41.3 Å². The third-order valence-corrected chi connectivity index (χ3v) is 4.97. The van der Waals surface area contributed by atoms with Crippen molar-refractivity contribution >= 4 is 5.91 Å². The van der Waals surface area contributed by atoms with Crippen LogP contribution >= 0.6 is 0 Å². The summed E-state index contributed by atoms with van der Waals surface area (Å²) in [6.45, 7) is 5.54. The lowest BCUT2D eigenvalue weighted by molar-refractivity contribution is -0.131. The maximum absolute atomic E-state index is 16.1. The van der Waals surface area contributed by atoms with Crippen LogP contribution in [0.4, 0.5) is 4.39 Å². The molecule has 2 atom stereocenters. The Hall–Kier alpha value is -2.46. The summed E-state index contributed by atoms with van der Waals surface area (Å²) in [5.74, 6) is -0.304. The number of hydrogen-bond acceptors (Lipinski definition) is 2. The Kier molecular flexibility index (Phi) is 5.84. The Labute approximate surface area is 154 Å². The van der Waals surface area contributed by atoms with E-state index in [9.17, 15) is 4.79 Å². The SMILES string of the molecule is C=C[C@@](F)(c1ccccc1)[C@H](C(=O)NCc1ccccc1)N1CCCC1. The van der Waals surface area contributed by atoms with Gasteiger partial charge >= 0.3 is 0 Å². The Morgan fingerprint density at radius 3 is 2.27 bits per heavy atom. The number of hydrogen-bond donors (Lipinski definition) is 1. The summed E-state index contributed by atoms with van der Waals surface area (Å²) in [4.78, 5) is 15.0. The van der Waals surface area contributed by atoms with Crippen LogP contribution in [0.25, 0.3) is 0 Å². The standard InChI is InChI=1S/C22H25FN2O/c1-2-22(23,19-13-7-4-8-14-19)20(25-15-9-10-16-25)21(26)24-17-18-11-5-3-6-12-18/h2-8,11-14,20H,1,9-10,15-17H2,(H,24,26)/t20-,22+/m0/s1. The topological polar surface area (TPSA) is 32.3 Å². The minimum Gasteiger partial charge on any atom is -0.351 e. The number of alkyl halides is 1. The average Bonchev–Trinajstić information content (AvgIpc) is 3.22. The van der Waals surface area contributed by atoms with E-state index in [4.69, 9.17) is 0 Å². The molecule has 1 aliphatic heterocycles. The monoisotopic (exact) mass is 352 g/mol. The predicted octanol–water partition coefficient (Wildman–Crippen LogP) is 3.82. The lowest BCUT2D eigenvalue weighted by Gasteiger charge is -2.36. The minimum atomic E-state index is -1.94. The van der Waals surface area contributed by atoms with E-state index in [1.54, 1.807) is 24.3 Å². The smallest absolute Gasteiger partial charge is 0.241 e. The highest BCUT2D eigenvalue weighted by molar-refractivity contribution is 5.84. The van der Waals surface area contributed by atoms with Crippen LogP contribution in [0.3, 0.4) is 0 Å². The summed E-state index contributed by atoms with van der Waals surface area (Å²) >= 11 is 0. The van der Waals surface area contributed by atoms with Gasteiger partial charge in [0.15, 0.2) is 5.67 Å². The zero-order chi connectivity index (χ0) is 18.4. The normalized spacial score (nSPS) is 18.0. The van der Waals surface area contributed by atoms with Crippen LogP contribution in [0.5, 0.6) is 0 Å². The summed E-state index contributed by atoms with van der Waals surface area (Å²) in [7, 11) is 0. The Bertz CT molecular complexity index is 728. The molecule has 0 bridgehead atoms. The second kappa shape index (κ2) is 8.28. The van der Waals surface area contributed by atoms with Crippen LogP contribution in [0, 0.1) is 0 Å². The van der Waals surface area contributed by atoms with Gasteiger partial charge in [-0.15, -0.1) is 0 Å². The van der Waals surface area contributed by atoms with Gasteiger partial charge in [0.1, 0.15) is 6.04 Å². The summed E-state index contributed by atoms with van der Waals surface area (Å²) in [6.07, 6.45) is 3.22. The molecule has 136 valence electrons. The molecule has 0 aliphatic carbocycles. The van der Waals surface area contributed by atoms with Gasteiger partial charge in [0.2, 0.25) is 5.91 Å². The Balaban J connectivity index is 1.86. The molecule has 0 aromatic heterocycles. The van der Waals surface area contributed by atoms with Crippen LogP contribution in [0.2, 0.25) is 0 Å². The molecule has 1 saturated heterocycles. The third-order valence-electron chi connectivity index (χ3n) is 4.97. The number of halogens is 1. The fraction of sp³-hybridized carbons (Fsp3) is 0.318. The molecular formula is C22H25FN2O. The van der Waals surface area contributed by atoms with Crippen molar-refractivity contribution in [2.24, 2.45) is 0 Å². The summed E-state index contributed by atoms with van der Waals surface area (Å²) in [5.41, 5.74) is -0.489. The molecule has 1 N–H and O–H groups in total. The number of nitrogens with zero attached hydrogens (tertiary/aromatic N) is 1. The zero-order valence-corrected chi connectivity index (χ0v) is 14.9. The number of amides is 1. The van der Waals surface area contributed by atoms with Gasteiger partial charge in [-0.3, -0.25) is 9.69 Å². The van der Waals surface area contributed by atoms with Gasteiger partial charge in [0.05, 0.1) is 0 Å². The molecule has 3 nitrogen and oxygen atoms in total. The van der Waals surface area contributed by atoms with Crippen LogP contribution in [0.15, 0.2) is 73.3 Å². The van der Waals surface area contributed by atoms with Gasteiger partial charge in [-0.1, -0.05) is 67.2 Å². The first kappa shape index (κ1) is 18.3. The van der Waals surface area contributed by atoms with Crippen LogP contribution < -0.4 is 5.32 Å². The molecule has 26 heavy (non-hydrogen) atoms. The lowest BCUT2D eigenvalue weighted by Crippen LogP contribution is -2.55. The molecule has 0 saturated carbocycles. The molecule has 1 heterocycles. The van der Waals surface area contributed by atoms with E-state index >= 15 is 4.39 Å². The fourth-order valence-electron chi connectivity index (χ4n) is 3.58.